The second kappa shape index (κ2) is 7.19. The Labute approximate surface area is 177 Å². The summed E-state index contributed by atoms with van der Waals surface area (Å²) in [5.74, 6) is -1.25. The van der Waals surface area contributed by atoms with Gasteiger partial charge in [-0.05, 0) is 67.3 Å². The Balaban J connectivity index is 1.47. The molecule has 2 aromatic carbocycles. The van der Waals surface area contributed by atoms with Crippen LogP contribution >= 0.6 is 0 Å². The molecular formula is C24H19FN2O4. The molecule has 2 aliphatic rings. The van der Waals surface area contributed by atoms with E-state index in [0.717, 1.165) is 22.4 Å². The number of hydrogen-bond donors (Lipinski definition) is 0. The standard InChI is InChI=1S/C24H19FN2O4/c1-14-10-15-4-2-8-26(21(15)20(25)11-14)22(28)16-6-7-18-19(12-16)24(30)27(23(18)29)13-17-5-3-9-31-17/h3,5-7,9-12H,2,4,8,13H2,1H3. The third-order valence-corrected chi connectivity index (χ3v) is 5.74. The smallest absolute Gasteiger partial charge is 0.261 e. The highest BCUT2D eigenvalue weighted by atomic mass is 19.1. The first-order chi connectivity index (χ1) is 14.9. The summed E-state index contributed by atoms with van der Waals surface area (Å²) in [5.41, 5.74) is 2.56. The Hall–Kier alpha value is -3.74. The van der Waals surface area contributed by atoms with Gasteiger partial charge in [-0.15, -0.1) is 0 Å². The average Bonchev–Trinajstić information content (AvgIpc) is 3.35. The van der Waals surface area contributed by atoms with Gasteiger partial charge in [0.1, 0.15) is 11.6 Å². The fourth-order valence-corrected chi connectivity index (χ4v) is 4.32. The highest BCUT2D eigenvalue weighted by molar-refractivity contribution is 6.22. The molecule has 0 bridgehead atoms. The van der Waals surface area contributed by atoms with Crippen molar-refractivity contribution in [2.24, 2.45) is 0 Å². The fourth-order valence-electron chi connectivity index (χ4n) is 4.32. The van der Waals surface area contributed by atoms with E-state index in [0.29, 0.717) is 24.4 Å². The first kappa shape index (κ1) is 19.2. The number of benzene rings is 2. The SMILES string of the molecule is Cc1cc(F)c2c(c1)CCCN2C(=O)c1ccc2c(c1)C(=O)N(Cc1ccco1)C2=O. The van der Waals surface area contributed by atoms with Gasteiger partial charge in [0.05, 0.1) is 29.6 Å². The summed E-state index contributed by atoms with van der Waals surface area (Å²) in [5, 5.41) is 0. The third-order valence-electron chi connectivity index (χ3n) is 5.74. The Morgan fingerprint density at radius 3 is 2.68 bits per heavy atom. The van der Waals surface area contributed by atoms with Gasteiger partial charge in [-0.2, -0.15) is 0 Å². The average molecular weight is 418 g/mol. The molecule has 3 amide bonds. The number of amides is 3. The summed E-state index contributed by atoms with van der Waals surface area (Å²) in [6, 6.07) is 11.1. The molecule has 0 radical (unpaired) electrons. The van der Waals surface area contributed by atoms with Crippen LogP contribution in [-0.2, 0) is 13.0 Å². The lowest BCUT2D eigenvalue weighted by Gasteiger charge is -2.30. The van der Waals surface area contributed by atoms with Gasteiger partial charge in [-0.3, -0.25) is 19.3 Å². The highest BCUT2D eigenvalue weighted by Crippen LogP contribution is 2.33. The van der Waals surface area contributed by atoms with E-state index in [1.54, 1.807) is 12.1 Å². The van der Waals surface area contributed by atoms with E-state index in [2.05, 4.69) is 0 Å². The minimum atomic E-state index is -0.480. The molecule has 3 aromatic rings. The van der Waals surface area contributed by atoms with Crippen LogP contribution < -0.4 is 4.90 Å². The topological polar surface area (TPSA) is 70.8 Å². The Morgan fingerprint density at radius 1 is 1.10 bits per heavy atom. The lowest BCUT2D eigenvalue weighted by molar-refractivity contribution is 0.0631. The van der Waals surface area contributed by atoms with Crippen LogP contribution in [0.5, 0.6) is 0 Å². The van der Waals surface area contributed by atoms with Gasteiger partial charge in [0.25, 0.3) is 17.7 Å². The molecular weight excluding hydrogens is 399 g/mol. The number of rotatable bonds is 3. The summed E-state index contributed by atoms with van der Waals surface area (Å²) in [6.07, 6.45) is 2.90. The zero-order chi connectivity index (χ0) is 21.7. The van der Waals surface area contributed by atoms with Crippen molar-refractivity contribution in [1.82, 2.24) is 4.90 Å². The molecule has 0 spiro atoms. The molecule has 1 aromatic heterocycles. The molecule has 0 fully saturated rings. The normalized spacial score (nSPS) is 15.3. The minimum absolute atomic E-state index is 0.0205. The van der Waals surface area contributed by atoms with Gasteiger partial charge in [-0.25, -0.2) is 4.39 Å². The summed E-state index contributed by atoms with van der Waals surface area (Å²) in [7, 11) is 0. The van der Waals surface area contributed by atoms with Gasteiger partial charge in [0.2, 0.25) is 0 Å². The van der Waals surface area contributed by atoms with Crippen LogP contribution in [0.25, 0.3) is 0 Å². The van der Waals surface area contributed by atoms with Gasteiger partial charge in [-0.1, -0.05) is 6.07 Å². The summed E-state index contributed by atoms with van der Waals surface area (Å²) in [6.45, 7) is 2.23. The van der Waals surface area contributed by atoms with Crippen molar-refractivity contribution >= 4 is 23.4 Å². The monoisotopic (exact) mass is 418 g/mol. The van der Waals surface area contributed by atoms with Crippen molar-refractivity contribution in [1.29, 1.82) is 0 Å². The predicted molar refractivity (Wildman–Crippen MR) is 110 cm³/mol. The number of anilines is 1. The zero-order valence-corrected chi connectivity index (χ0v) is 16.9. The second-order valence-corrected chi connectivity index (χ2v) is 7.85. The lowest BCUT2D eigenvalue weighted by Crippen LogP contribution is -2.36. The molecule has 3 heterocycles. The van der Waals surface area contributed by atoms with E-state index in [-0.39, 0.29) is 23.2 Å². The van der Waals surface area contributed by atoms with Crippen molar-refractivity contribution in [2.45, 2.75) is 26.3 Å². The molecule has 0 saturated carbocycles. The molecule has 6 nitrogen and oxygen atoms in total. The molecule has 0 unspecified atom stereocenters. The van der Waals surface area contributed by atoms with Crippen LogP contribution in [-0.4, -0.2) is 29.2 Å². The van der Waals surface area contributed by atoms with E-state index >= 15 is 0 Å². The van der Waals surface area contributed by atoms with Gasteiger partial charge < -0.3 is 9.32 Å². The molecule has 0 aliphatic carbocycles. The Bertz CT molecular complexity index is 1230. The molecule has 0 atom stereocenters. The summed E-state index contributed by atoms with van der Waals surface area (Å²) < 4.78 is 20.0. The van der Waals surface area contributed by atoms with Gasteiger partial charge in [0.15, 0.2) is 0 Å². The van der Waals surface area contributed by atoms with E-state index in [9.17, 15) is 18.8 Å². The number of hydrogen-bond acceptors (Lipinski definition) is 4. The molecule has 156 valence electrons. The van der Waals surface area contributed by atoms with Crippen molar-refractivity contribution in [3.63, 3.8) is 0 Å². The van der Waals surface area contributed by atoms with Crippen molar-refractivity contribution in [3.05, 3.63) is 88.1 Å². The number of carbonyl (C=O) groups excluding carboxylic acids is 3. The highest BCUT2D eigenvalue weighted by Gasteiger charge is 2.37. The van der Waals surface area contributed by atoms with Crippen LogP contribution in [0.15, 0.2) is 53.1 Å². The van der Waals surface area contributed by atoms with E-state index in [1.165, 1.54) is 35.4 Å². The van der Waals surface area contributed by atoms with Crippen LogP contribution in [0.2, 0.25) is 0 Å². The summed E-state index contributed by atoms with van der Waals surface area (Å²) >= 11 is 0. The molecule has 5 rings (SSSR count). The van der Waals surface area contributed by atoms with Gasteiger partial charge in [0, 0.05) is 12.1 Å². The minimum Gasteiger partial charge on any atom is -0.467 e. The fraction of sp³-hybridized carbons (Fsp3) is 0.208. The van der Waals surface area contributed by atoms with Crippen LogP contribution in [0.1, 0.15) is 54.4 Å². The maximum atomic E-state index is 14.7. The molecule has 0 saturated heterocycles. The molecule has 2 aliphatic heterocycles. The Kier molecular flexibility index (Phi) is 4.46. The van der Waals surface area contributed by atoms with Gasteiger partial charge >= 0.3 is 0 Å². The van der Waals surface area contributed by atoms with Crippen LogP contribution in [0.4, 0.5) is 10.1 Å². The number of halogens is 1. The quantitative estimate of drug-likeness (QED) is 0.600. The number of fused-ring (bicyclic) bond motifs is 2. The summed E-state index contributed by atoms with van der Waals surface area (Å²) in [4.78, 5) is 41.3. The number of furan rings is 1. The first-order valence-electron chi connectivity index (χ1n) is 10.1. The second-order valence-electron chi connectivity index (χ2n) is 7.85. The maximum absolute atomic E-state index is 14.7. The van der Waals surface area contributed by atoms with E-state index < -0.39 is 23.5 Å². The van der Waals surface area contributed by atoms with Crippen LogP contribution in [0, 0.1) is 12.7 Å². The van der Waals surface area contributed by atoms with E-state index in [1.807, 2.05) is 13.0 Å². The third kappa shape index (κ3) is 3.13. The predicted octanol–water partition coefficient (Wildman–Crippen LogP) is 4.12. The largest absolute Gasteiger partial charge is 0.467 e. The zero-order valence-electron chi connectivity index (χ0n) is 16.9. The molecule has 31 heavy (non-hydrogen) atoms. The van der Waals surface area contributed by atoms with Crippen LogP contribution in [0.3, 0.4) is 0 Å². The van der Waals surface area contributed by atoms with E-state index in [4.69, 9.17) is 4.42 Å². The first-order valence-corrected chi connectivity index (χ1v) is 10.1. The number of carbonyl (C=O) groups is 3. The van der Waals surface area contributed by atoms with Crippen molar-refractivity contribution < 1.29 is 23.2 Å². The molecule has 0 N–H and O–H groups in total. The number of imide groups is 1. The number of nitrogens with zero attached hydrogens (tertiary/aromatic N) is 2. The lowest BCUT2D eigenvalue weighted by atomic mass is 9.97. The maximum Gasteiger partial charge on any atom is 0.261 e. The molecule has 7 heteroatoms. The Morgan fingerprint density at radius 2 is 1.90 bits per heavy atom. The van der Waals surface area contributed by atoms with Crippen molar-refractivity contribution in [2.75, 3.05) is 11.4 Å². The number of aryl methyl sites for hydroxylation is 2. The van der Waals surface area contributed by atoms with Crippen molar-refractivity contribution in [3.8, 4) is 0 Å².